The molecule has 0 aliphatic heterocycles. The van der Waals surface area contributed by atoms with Gasteiger partial charge in [-0.2, -0.15) is 0 Å². The first kappa shape index (κ1) is 12.0. The molecule has 0 aliphatic rings. The van der Waals surface area contributed by atoms with Crippen molar-refractivity contribution >= 4 is 17.6 Å². The second-order valence-corrected chi connectivity index (χ2v) is 3.01. The lowest BCUT2D eigenvalue weighted by Gasteiger charge is -2.09. The highest BCUT2D eigenvalue weighted by Gasteiger charge is 2.11. The van der Waals surface area contributed by atoms with Gasteiger partial charge in [-0.15, -0.1) is 0 Å². The summed E-state index contributed by atoms with van der Waals surface area (Å²) in [5.41, 5.74) is 0.800. The van der Waals surface area contributed by atoms with Gasteiger partial charge >= 0.3 is 11.9 Å². The van der Waals surface area contributed by atoms with Crippen LogP contribution in [0.5, 0.6) is 0 Å². The summed E-state index contributed by atoms with van der Waals surface area (Å²) in [7, 11) is 0. The Hall–Kier alpha value is -2.04. The molecule has 1 aromatic carbocycles. The minimum absolute atomic E-state index is 0.240. The first-order valence-electron chi connectivity index (χ1n) is 4.87. The average molecular weight is 223 g/mol. The molecule has 0 heterocycles. The molecular formula is C11H13NO4. The summed E-state index contributed by atoms with van der Waals surface area (Å²) in [4.78, 5) is 21.9. The lowest BCUT2D eigenvalue weighted by Crippen LogP contribution is -2.15. The van der Waals surface area contributed by atoms with E-state index < -0.39 is 11.9 Å². The van der Waals surface area contributed by atoms with Gasteiger partial charge in [0.05, 0.1) is 12.2 Å². The lowest BCUT2D eigenvalue weighted by atomic mass is 10.2. The zero-order valence-electron chi connectivity index (χ0n) is 8.90. The maximum Gasteiger partial charge on any atom is 0.340 e. The van der Waals surface area contributed by atoms with Gasteiger partial charge in [-0.1, -0.05) is 12.1 Å². The summed E-state index contributed by atoms with van der Waals surface area (Å²) in [6, 6.07) is 6.63. The second kappa shape index (κ2) is 5.75. The van der Waals surface area contributed by atoms with Gasteiger partial charge in [0.2, 0.25) is 0 Å². The smallest absolute Gasteiger partial charge is 0.340 e. The zero-order chi connectivity index (χ0) is 12.0. The molecule has 2 N–H and O–H groups in total. The molecule has 0 fully saturated rings. The van der Waals surface area contributed by atoms with Crippen molar-refractivity contribution in [1.29, 1.82) is 0 Å². The molecule has 0 amide bonds. The number of anilines is 1. The number of rotatable bonds is 5. The number of hydrogen-bond donors (Lipinski definition) is 2. The molecule has 0 unspecified atom stereocenters. The molecule has 0 aliphatic carbocycles. The number of para-hydroxylation sites is 1. The van der Waals surface area contributed by atoms with Crippen LogP contribution in [0.25, 0.3) is 0 Å². The minimum Gasteiger partial charge on any atom is -0.480 e. The molecule has 0 saturated heterocycles. The standard InChI is InChI=1S/C11H13NO4/c1-2-16-11(15)8-5-3-4-6-9(8)12-7-10(13)14/h3-6,12H,2,7H2,1H3,(H,13,14). The normalized spacial score (nSPS) is 9.56. The van der Waals surface area contributed by atoms with Crippen LogP contribution in [0.15, 0.2) is 24.3 Å². The van der Waals surface area contributed by atoms with Crippen LogP contribution in [-0.2, 0) is 9.53 Å². The summed E-state index contributed by atoms with van der Waals surface area (Å²) in [6.45, 7) is 1.76. The van der Waals surface area contributed by atoms with Crippen molar-refractivity contribution in [2.75, 3.05) is 18.5 Å². The minimum atomic E-state index is -0.987. The van der Waals surface area contributed by atoms with E-state index in [0.29, 0.717) is 11.3 Å². The maximum absolute atomic E-state index is 11.5. The molecule has 0 bridgehead atoms. The van der Waals surface area contributed by atoms with E-state index in [9.17, 15) is 9.59 Å². The van der Waals surface area contributed by atoms with E-state index in [1.165, 1.54) is 0 Å². The number of aliphatic carboxylic acids is 1. The van der Waals surface area contributed by atoms with Crippen LogP contribution in [0.3, 0.4) is 0 Å². The predicted molar refractivity (Wildman–Crippen MR) is 58.5 cm³/mol. The van der Waals surface area contributed by atoms with Crippen molar-refractivity contribution < 1.29 is 19.4 Å². The fraction of sp³-hybridized carbons (Fsp3) is 0.273. The summed E-state index contributed by atoms with van der Waals surface area (Å²) in [5.74, 6) is -1.45. The molecule has 0 spiro atoms. The van der Waals surface area contributed by atoms with E-state index in [1.807, 2.05) is 0 Å². The van der Waals surface area contributed by atoms with Gasteiger partial charge < -0.3 is 15.2 Å². The van der Waals surface area contributed by atoms with E-state index in [4.69, 9.17) is 9.84 Å². The fourth-order valence-electron chi connectivity index (χ4n) is 1.19. The first-order valence-corrected chi connectivity index (χ1v) is 4.87. The lowest BCUT2D eigenvalue weighted by molar-refractivity contribution is -0.134. The number of carbonyl (C=O) groups excluding carboxylic acids is 1. The molecule has 86 valence electrons. The van der Waals surface area contributed by atoms with Gasteiger partial charge in [-0.25, -0.2) is 4.79 Å². The van der Waals surface area contributed by atoms with Gasteiger partial charge in [0, 0.05) is 5.69 Å². The van der Waals surface area contributed by atoms with Crippen molar-refractivity contribution in [3.8, 4) is 0 Å². The number of carboxylic acid groups (broad SMARTS) is 1. The van der Waals surface area contributed by atoms with Crippen LogP contribution >= 0.6 is 0 Å². The summed E-state index contributed by atoms with van der Waals surface area (Å²) < 4.78 is 4.85. The first-order chi connectivity index (χ1) is 7.65. The molecule has 5 heteroatoms. The third kappa shape index (κ3) is 3.27. The number of benzene rings is 1. The maximum atomic E-state index is 11.5. The quantitative estimate of drug-likeness (QED) is 0.737. The van der Waals surface area contributed by atoms with E-state index in [0.717, 1.165) is 0 Å². The average Bonchev–Trinajstić information content (AvgIpc) is 2.27. The van der Waals surface area contributed by atoms with E-state index >= 15 is 0 Å². The second-order valence-electron chi connectivity index (χ2n) is 3.01. The highest BCUT2D eigenvalue weighted by atomic mass is 16.5. The van der Waals surface area contributed by atoms with E-state index in [1.54, 1.807) is 31.2 Å². The molecule has 0 radical (unpaired) electrons. The van der Waals surface area contributed by atoms with Crippen molar-refractivity contribution in [2.24, 2.45) is 0 Å². The molecule has 5 nitrogen and oxygen atoms in total. The summed E-state index contributed by atoms with van der Waals surface area (Å²) >= 11 is 0. The zero-order valence-corrected chi connectivity index (χ0v) is 8.90. The van der Waals surface area contributed by atoms with Gasteiger partial charge in [0.15, 0.2) is 0 Å². The Balaban J connectivity index is 2.82. The Labute approximate surface area is 93.0 Å². The van der Waals surface area contributed by atoms with Crippen molar-refractivity contribution in [3.05, 3.63) is 29.8 Å². The fourth-order valence-corrected chi connectivity index (χ4v) is 1.19. The van der Waals surface area contributed by atoms with Gasteiger partial charge in [-0.3, -0.25) is 4.79 Å². The van der Waals surface area contributed by atoms with Crippen LogP contribution < -0.4 is 5.32 Å². The van der Waals surface area contributed by atoms with Crippen molar-refractivity contribution in [3.63, 3.8) is 0 Å². The highest BCUT2D eigenvalue weighted by Crippen LogP contribution is 2.15. The number of carboxylic acids is 1. The highest BCUT2D eigenvalue weighted by molar-refractivity contribution is 5.96. The Morgan fingerprint density at radius 2 is 2.06 bits per heavy atom. The molecule has 0 atom stereocenters. The number of nitrogens with one attached hydrogen (secondary N) is 1. The van der Waals surface area contributed by atoms with Crippen LogP contribution in [0, 0.1) is 0 Å². The number of ether oxygens (including phenoxy) is 1. The number of carbonyl (C=O) groups is 2. The monoisotopic (exact) mass is 223 g/mol. The molecule has 0 aromatic heterocycles. The predicted octanol–water partition coefficient (Wildman–Crippen LogP) is 1.36. The molecule has 1 aromatic rings. The Morgan fingerprint density at radius 1 is 1.38 bits per heavy atom. The molecule has 16 heavy (non-hydrogen) atoms. The third-order valence-corrected chi connectivity index (χ3v) is 1.85. The van der Waals surface area contributed by atoms with Gasteiger partial charge in [-0.05, 0) is 19.1 Å². The largest absolute Gasteiger partial charge is 0.480 e. The van der Waals surface area contributed by atoms with Gasteiger partial charge in [0.1, 0.15) is 6.54 Å². The van der Waals surface area contributed by atoms with Crippen molar-refractivity contribution in [2.45, 2.75) is 6.92 Å². The molecule has 1 rings (SSSR count). The van der Waals surface area contributed by atoms with Crippen molar-refractivity contribution in [1.82, 2.24) is 0 Å². The van der Waals surface area contributed by atoms with Crippen LogP contribution in [0.1, 0.15) is 17.3 Å². The number of esters is 1. The summed E-state index contributed by atoms with van der Waals surface area (Å²) in [5, 5.41) is 11.2. The van der Waals surface area contributed by atoms with Gasteiger partial charge in [0.25, 0.3) is 0 Å². The Bertz CT molecular complexity index is 389. The Morgan fingerprint density at radius 3 is 2.69 bits per heavy atom. The van der Waals surface area contributed by atoms with E-state index in [2.05, 4.69) is 5.32 Å². The van der Waals surface area contributed by atoms with Crippen LogP contribution in [-0.4, -0.2) is 30.2 Å². The topological polar surface area (TPSA) is 75.6 Å². The summed E-state index contributed by atoms with van der Waals surface area (Å²) in [6.07, 6.45) is 0. The van der Waals surface area contributed by atoms with Crippen LogP contribution in [0.2, 0.25) is 0 Å². The number of hydrogen-bond acceptors (Lipinski definition) is 4. The molecule has 0 saturated carbocycles. The van der Waals surface area contributed by atoms with E-state index in [-0.39, 0.29) is 13.2 Å². The SMILES string of the molecule is CCOC(=O)c1ccccc1NCC(=O)O. The van der Waals surface area contributed by atoms with Crippen LogP contribution in [0.4, 0.5) is 5.69 Å². The molecular weight excluding hydrogens is 210 g/mol. The Kier molecular flexibility index (Phi) is 4.32. The third-order valence-electron chi connectivity index (χ3n) is 1.85.